The van der Waals surface area contributed by atoms with Gasteiger partial charge in [0.05, 0.1) is 15.6 Å². The first-order chi connectivity index (χ1) is 9.88. The van der Waals surface area contributed by atoms with Gasteiger partial charge in [-0.25, -0.2) is 4.39 Å². The number of rotatable bonds is 3. The Morgan fingerprint density at radius 2 is 2.00 bits per heavy atom. The summed E-state index contributed by atoms with van der Waals surface area (Å²) in [4.78, 5) is 14.0. The molecule has 0 spiro atoms. The number of aliphatic imine (C=N–C) groups is 1. The van der Waals surface area contributed by atoms with E-state index in [4.69, 9.17) is 23.2 Å². The second kappa shape index (κ2) is 6.07. The van der Waals surface area contributed by atoms with Crippen LogP contribution in [0.4, 0.5) is 15.8 Å². The molecule has 0 unspecified atom stereocenters. The van der Waals surface area contributed by atoms with Gasteiger partial charge >= 0.3 is 5.69 Å². The molecule has 0 fully saturated rings. The molecule has 0 saturated carbocycles. The van der Waals surface area contributed by atoms with E-state index < -0.39 is 22.2 Å². The Morgan fingerprint density at radius 1 is 1.29 bits per heavy atom. The van der Waals surface area contributed by atoms with Gasteiger partial charge < -0.3 is 5.11 Å². The van der Waals surface area contributed by atoms with Crippen LogP contribution in [0.5, 0.6) is 5.75 Å². The molecule has 1 N–H and O–H groups in total. The number of hydrogen-bond acceptors (Lipinski definition) is 4. The van der Waals surface area contributed by atoms with Gasteiger partial charge in [0, 0.05) is 22.9 Å². The van der Waals surface area contributed by atoms with Crippen LogP contribution in [0.3, 0.4) is 0 Å². The van der Waals surface area contributed by atoms with Crippen LogP contribution < -0.4 is 0 Å². The second-order valence-corrected chi connectivity index (χ2v) is 4.82. The largest absolute Gasteiger partial charge is 0.502 e. The number of phenolic OH excluding ortho intramolecular Hbond substituents is 1. The predicted molar refractivity (Wildman–Crippen MR) is 78.4 cm³/mol. The number of halogens is 3. The minimum Gasteiger partial charge on any atom is -0.502 e. The molecule has 2 aromatic rings. The fourth-order valence-electron chi connectivity index (χ4n) is 1.57. The van der Waals surface area contributed by atoms with Crippen LogP contribution in [-0.2, 0) is 0 Å². The molecule has 5 nitrogen and oxygen atoms in total. The summed E-state index contributed by atoms with van der Waals surface area (Å²) in [5, 5.41) is 20.7. The number of nitro groups is 1. The number of nitro benzene ring substituents is 1. The van der Waals surface area contributed by atoms with Crippen LogP contribution in [0.25, 0.3) is 0 Å². The Morgan fingerprint density at radius 3 is 2.62 bits per heavy atom. The molecule has 0 aliphatic carbocycles. The minimum atomic E-state index is -0.760. The summed E-state index contributed by atoms with van der Waals surface area (Å²) < 4.78 is 12.9. The Hall–Kier alpha value is -2.18. The highest BCUT2D eigenvalue weighted by atomic mass is 35.5. The van der Waals surface area contributed by atoms with Crippen LogP contribution in [0.2, 0.25) is 10.0 Å². The van der Waals surface area contributed by atoms with Gasteiger partial charge in [-0.1, -0.05) is 23.2 Å². The van der Waals surface area contributed by atoms with Crippen molar-refractivity contribution < 1.29 is 14.4 Å². The van der Waals surface area contributed by atoms with E-state index in [9.17, 15) is 19.6 Å². The third-order valence-electron chi connectivity index (χ3n) is 2.53. The molecular formula is C13H7Cl2FN2O3. The quantitative estimate of drug-likeness (QED) is 0.512. The molecule has 2 aromatic carbocycles. The summed E-state index contributed by atoms with van der Waals surface area (Å²) in [7, 11) is 0. The van der Waals surface area contributed by atoms with Crippen LogP contribution in [-0.4, -0.2) is 16.2 Å². The summed E-state index contributed by atoms with van der Waals surface area (Å²) in [6, 6.07) is 5.92. The van der Waals surface area contributed by atoms with Crippen molar-refractivity contribution in [2.24, 2.45) is 4.99 Å². The van der Waals surface area contributed by atoms with Gasteiger partial charge in [0.2, 0.25) is 5.75 Å². The molecule has 0 atom stereocenters. The molecule has 0 aromatic heterocycles. The average molecular weight is 329 g/mol. The highest BCUT2D eigenvalue weighted by Crippen LogP contribution is 2.33. The first kappa shape index (κ1) is 15.2. The van der Waals surface area contributed by atoms with E-state index in [2.05, 4.69) is 4.99 Å². The highest BCUT2D eigenvalue weighted by Gasteiger charge is 2.17. The number of aromatic hydroxyl groups is 1. The van der Waals surface area contributed by atoms with Gasteiger partial charge in [0.15, 0.2) is 0 Å². The van der Waals surface area contributed by atoms with E-state index in [1.165, 1.54) is 18.2 Å². The standard InChI is InChI=1S/C13H7Cl2FN2O3/c14-8-3-7(13(19)12(4-8)18(20)21)6-17-11-2-1-9(16)5-10(11)15/h1-6,19H. The monoisotopic (exact) mass is 328 g/mol. The number of hydrogen-bond donors (Lipinski definition) is 1. The maximum absolute atomic E-state index is 12.9. The van der Waals surface area contributed by atoms with Gasteiger partial charge in [-0.05, 0) is 24.3 Å². The molecule has 8 heteroatoms. The molecule has 0 aliphatic rings. The smallest absolute Gasteiger partial charge is 0.312 e. The Balaban J connectivity index is 2.43. The van der Waals surface area contributed by atoms with Crippen molar-refractivity contribution in [1.82, 2.24) is 0 Å². The van der Waals surface area contributed by atoms with Crippen molar-refractivity contribution in [2.45, 2.75) is 0 Å². The molecule has 0 aliphatic heterocycles. The lowest BCUT2D eigenvalue weighted by Crippen LogP contribution is -1.92. The lowest BCUT2D eigenvalue weighted by atomic mass is 10.2. The Bertz CT molecular complexity index is 750. The van der Waals surface area contributed by atoms with Crippen molar-refractivity contribution in [2.75, 3.05) is 0 Å². The second-order valence-electron chi connectivity index (χ2n) is 3.97. The molecule has 108 valence electrons. The lowest BCUT2D eigenvalue weighted by Gasteiger charge is -2.02. The van der Waals surface area contributed by atoms with Gasteiger partial charge in [0.25, 0.3) is 0 Å². The first-order valence-electron chi connectivity index (χ1n) is 5.54. The Kier molecular flexibility index (Phi) is 4.40. The van der Waals surface area contributed by atoms with Crippen LogP contribution in [0.1, 0.15) is 5.56 Å². The van der Waals surface area contributed by atoms with Crippen molar-refractivity contribution in [3.8, 4) is 5.75 Å². The van der Waals surface area contributed by atoms with E-state index >= 15 is 0 Å². The predicted octanol–water partition coefficient (Wildman–Crippen LogP) is 4.50. The number of nitrogens with zero attached hydrogens (tertiary/aromatic N) is 2. The van der Waals surface area contributed by atoms with Crippen molar-refractivity contribution >= 4 is 40.8 Å². The van der Waals surface area contributed by atoms with E-state index in [0.29, 0.717) is 0 Å². The third-order valence-corrected chi connectivity index (χ3v) is 3.05. The van der Waals surface area contributed by atoms with Crippen LogP contribution in [0.15, 0.2) is 35.3 Å². The zero-order chi connectivity index (χ0) is 15.6. The molecule has 21 heavy (non-hydrogen) atoms. The summed E-state index contributed by atoms with van der Waals surface area (Å²) >= 11 is 11.5. The molecule has 0 heterocycles. The van der Waals surface area contributed by atoms with Gasteiger partial charge in [-0.15, -0.1) is 0 Å². The SMILES string of the molecule is O=[N+]([O-])c1cc(Cl)cc(C=Nc2ccc(F)cc2Cl)c1O. The van der Waals surface area contributed by atoms with Crippen molar-refractivity contribution in [1.29, 1.82) is 0 Å². The maximum Gasteiger partial charge on any atom is 0.312 e. The minimum absolute atomic E-state index is 0.0505. The van der Waals surface area contributed by atoms with Crippen molar-refractivity contribution in [3.63, 3.8) is 0 Å². The molecule has 2 rings (SSSR count). The Labute approximate surface area is 128 Å². The number of phenols is 1. The fourth-order valence-corrected chi connectivity index (χ4v) is 2.00. The van der Waals surface area contributed by atoms with E-state index in [0.717, 1.165) is 18.3 Å². The van der Waals surface area contributed by atoms with Gasteiger partial charge in [-0.2, -0.15) is 0 Å². The van der Waals surface area contributed by atoms with Gasteiger partial charge in [-0.3, -0.25) is 15.1 Å². The average Bonchev–Trinajstić information content (AvgIpc) is 2.40. The maximum atomic E-state index is 12.9. The summed E-state index contributed by atoms with van der Waals surface area (Å²) in [5.74, 6) is -1.08. The molecule has 0 saturated heterocycles. The highest BCUT2D eigenvalue weighted by molar-refractivity contribution is 6.33. The molecule has 0 radical (unpaired) electrons. The van der Waals surface area contributed by atoms with E-state index in [1.54, 1.807) is 0 Å². The summed E-state index contributed by atoms with van der Waals surface area (Å²) in [5.41, 5.74) is -0.233. The summed E-state index contributed by atoms with van der Waals surface area (Å²) in [6.45, 7) is 0. The van der Waals surface area contributed by atoms with E-state index in [1.807, 2.05) is 0 Å². The van der Waals surface area contributed by atoms with Crippen molar-refractivity contribution in [3.05, 3.63) is 61.9 Å². The normalized spacial score (nSPS) is 11.0. The third kappa shape index (κ3) is 3.48. The molecular weight excluding hydrogens is 322 g/mol. The van der Waals surface area contributed by atoms with Gasteiger partial charge in [0.1, 0.15) is 5.82 Å². The number of benzene rings is 2. The van der Waals surface area contributed by atoms with E-state index in [-0.39, 0.29) is 21.3 Å². The first-order valence-corrected chi connectivity index (χ1v) is 6.30. The zero-order valence-electron chi connectivity index (χ0n) is 10.3. The fraction of sp³-hybridized carbons (Fsp3) is 0. The lowest BCUT2D eigenvalue weighted by molar-refractivity contribution is -0.385. The topological polar surface area (TPSA) is 75.7 Å². The van der Waals surface area contributed by atoms with Crippen LogP contribution in [0, 0.1) is 15.9 Å². The molecule has 0 bridgehead atoms. The molecule has 0 amide bonds. The zero-order valence-corrected chi connectivity index (χ0v) is 11.8. The summed E-state index contributed by atoms with van der Waals surface area (Å²) in [6.07, 6.45) is 1.16. The van der Waals surface area contributed by atoms with Crippen LogP contribution >= 0.6 is 23.2 Å².